The van der Waals surface area contributed by atoms with Gasteiger partial charge in [0, 0.05) is 22.3 Å². The third-order valence-electron chi connectivity index (χ3n) is 5.54. The van der Waals surface area contributed by atoms with Gasteiger partial charge in [0.15, 0.2) is 0 Å². The molecule has 0 aromatic heterocycles. The minimum Gasteiger partial charge on any atom is -0.497 e. The number of para-hydroxylation sites is 2. The molecule has 0 bridgehead atoms. The molecular weight excluding hydrogens is 396 g/mol. The molecule has 1 heterocycles. The lowest BCUT2D eigenvalue weighted by Crippen LogP contribution is -2.01. The summed E-state index contributed by atoms with van der Waals surface area (Å²) in [5, 5.41) is 0. The highest BCUT2D eigenvalue weighted by molar-refractivity contribution is 5.93. The summed E-state index contributed by atoms with van der Waals surface area (Å²) in [6, 6.07) is 32.3. The molecule has 0 atom stereocenters. The van der Waals surface area contributed by atoms with Crippen LogP contribution in [-0.4, -0.2) is 14.2 Å². The fourth-order valence-electron chi connectivity index (χ4n) is 3.87. The summed E-state index contributed by atoms with van der Waals surface area (Å²) in [4.78, 5) is 0. The lowest BCUT2D eigenvalue weighted by Gasteiger charge is -2.21. The summed E-state index contributed by atoms with van der Waals surface area (Å²) >= 11 is 0. The molecule has 1 aliphatic heterocycles. The third-order valence-corrected chi connectivity index (χ3v) is 5.54. The Morgan fingerprint density at radius 1 is 0.594 bits per heavy atom. The monoisotopic (exact) mass is 418 g/mol. The first-order valence-electron chi connectivity index (χ1n) is 10.4. The SMILES string of the molecule is COc1ccc(C(=C=C2c3ccccc3Oc3ccccc32)c2ccc(OC)cc2)cc1. The molecule has 1 aliphatic rings. The smallest absolute Gasteiger partial charge is 0.135 e. The molecule has 3 heteroatoms. The van der Waals surface area contributed by atoms with Crippen molar-refractivity contribution in [3.8, 4) is 23.0 Å². The van der Waals surface area contributed by atoms with E-state index < -0.39 is 0 Å². The van der Waals surface area contributed by atoms with E-state index in [-0.39, 0.29) is 0 Å². The highest BCUT2D eigenvalue weighted by Crippen LogP contribution is 2.43. The molecule has 156 valence electrons. The normalized spacial score (nSPS) is 11.5. The Bertz CT molecular complexity index is 1230. The van der Waals surface area contributed by atoms with Crippen molar-refractivity contribution in [1.82, 2.24) is 0 Å². The molecule has 32 heavy (non-hydrogen) atoms. The number of benzene rings is 4. The molecular formula is C29H22O3. The van der Waals surface area contributed by atoms with Crippen LogP contribution in [0.3, 0.4) is 0 Å². The van der Waals surface area contributed by atoms with Crippen molar-refractivity contribution in [3.05, 3.63) is 125 Å². The second-order valence-corrected chi connectivity index (χ2v) is 7.43. The van der Waals surface area contributed by atoms with Crippen LogP contribution in [0, 0.1) is 0 Å². The molecule has 0 amide bonds. The Morgan fingerprint density at radius 2 is 1.03 bits per heavy atom. The van der Waals surface area contributed by atoms with Crippen molar-refractivity contribution in [1.29, 1.82) is 0 Å². The van der Waals surface area contributed by atoms with Gasteiger partial charge in [-0.05, 0) is 59.7 Å². The van der Waals surface area contributed by atoms with E-state index in [0.717, 1.165) is 56.4 Å². The molecule has 4 aromatic rings. The molecule has 0 spiro atoms. The summed E-state index contributed by atoms with van der Waals surface area (Å²) in [6.45, 7) is 0. The van der Waals surface area contributed by atoms with Crippen molar-refractivity contribution in [2.45, 2.75) is 0 Å². The summed E-state index contributed by atoms with van der Waals surface area (Å²) in [5.41, 5.74) is 9.87. The minimum atomic E-state index is 0.817. The maximum absolute atomic E-state index is 6.16. The summed E-state index contributed by atoms with van der Waals surface area (Å²) in [5.74, 6) is 3.30. The van der Waals surface area contributed by atoms with Crippen molar-refractivity contribution in [2.75, 3.05) is 14.2 Å². The molecule has 0 N–H and O–H groups in total. The maximum atomic E-state index is 6.16. The number of hydrogen-bond acceptors (Lipinski definition) is 3. The fraction of sp³-hybridized carbons (Fsp3) is 0.0690. The zero-order valence-corrected chi connectivity index (χ0v) is 18.0. The highest BCUT2D eigenvalue weighted by Gasteiger charge is 2.21. The highest BCUT2D eigenvalue weighted by atomic mass is 16.5. The van der Waals surface area contributed by atoms with Crippen molar-refractivity contribution >= 4 is 11.1 Å². The van der Waals surface area contributed by atoms with E-state index in [1.54, 1.807) is 14.2 Å². The van der Waals surface area contributed by atoms with Gasteiger partial charge in [0.1, 0.15) is 23.0 Å². The molecule has 0 saturated carbocycles. The Labute approximate surface area is 187 Å². The van der Waals surface area contributed by atoms with Gasteiger partial charge in [-0.15, -0.1) is 5.73 Å². The predicted molar refractivity (Wildman–Crippen MR) is 127 cm³/mol. The van der Waals surface area contributed by atoms with Gasteiger partial charge in [0.2, 0.25) is 0 Å². The van der Waals surface area contributed by atoms with Gasteiger partial charge in [-0.25, -0.2) is 0 Å². The Balaban J connectivity index is 1.81. The van der Waals surface area contributed by atoms with Crippen LogP contribution in [0.5, 0.6) is 23.0 Å². The van der Waals surface area contributed by atoms with Gasteiger partial charge in [-0.1, -0.05) is 48.5 Å². The molecule has 4 aromatic carbocycles. The maximum Gasteiger partial charge on any atom is 0.135 e. The molecule has 0 unspecified atom stereocenters. The van der Waals surface area contributed by atoms with Gasteiger partial charge in [0.05, 0.1) is 14.2 Å². The van der Waals surface area contributed by atoms with Gasteiger partial charge in [-0.2, -0.15) is 0 Å². The van der Waals surface area contributed by atoms with Crippen LogP contribution in [-0.2, 0) is 0 Å². The van der Waals surface area contributed by atoms with E-state index in [1.165, 1.54) is 0 Å². The summed E-state index contributed by atoms with van der Waals surface area (Å²) < 4.78 is 16.9. The number of methoxy groups -OCH3 is 2. The van der Waals surface area contributed by atoms with Crippen LogP contribution in [0.1, 0.15) is 22.3 Å². The number of rotatable bonds is 4. The predicted octanol–water partition coefficient (Wildman–Crippen LogP) is 6.97. The number of hydrogen-bond donors (Lipinski definition) is 0. The third kappa shape index (κ3) is 3.66. The summed E-state index contributed by atoms with van der Waals surface area (Å²) in [7, 11) is 3.35. The zero-order valence-electron chi connectivity index (χ0n) is 18.0. The van der Waals surface area contributed by atoms with E-state index in [9.17, 15) is 0 Å². The average molecular weight is 418 g/mol. The van der Waals surface area contributed by atoms with Crippen LogP contribution in [0.25, 0.3) is 11.1 Å². The Hall–Kier alpha value is -4.20. The molecule has 5 rings (SSSR count). The lowest BCUT2D eigenvalue weighted by molar-refractivity contribution is 0.414. The van der Waals surface area contributed by atoms with Crippen molar-refractivity contribution in [3.63, 3.8) is 0 Å². The number of fused-ring (bicyclic) bond motifs is 2. The standard InChI is InChI=1S/C29H22O3/c1-30-22-15-11-20(12-16-22)26(21-13-17-23(31-2)18-14-21)19-27-24-7-3-5-9-28(24)32-29-10-6-4-8-25(27)29/h3-18H,1-2H3. The largest absolute Gasteiger partial charge is 0.497 e. The van der Waals surface area contributed by atoms with E-state index >= 15 is 0 Å². The average Bonchev–Trinajstić information content (AvgIpc) is 2.87. The second kappa shape index (κ2) is 8.50. The van der Waals surface area contributed by atoms with E-state index in [1.807, 2.05) is 60.7 Å². The first-order valence-corrected chi connectivity index (χ1v) is 10.4. The fourth-order valence-corrected chi connectivity index (χ4v) is 3.87. The first kappa shape index (κ1) is 19.7. The minimum absolute atomic E-state index is 0.817. The Morgan fingerprint density at radius 3 is 1.47 bits per heavy atom. The molecule has 0 radical (unpaired) electrons. The first-order chi connectivity index (χ1) is 15.8. The van der Waals surface area contributed by atoms with E-state index in [2.05, 4.69) is 42.1 Å². The van der Waals surface area contributed by atoms with E-state index in [4.69, 9.17) is 14.2 Å². The molecule has 0 aliphatic carbocycles. The molecule has 3 nitrogen and oxygen atoms in total. The second-order valence-electron chi connectivity index (χ2n) is 7.43. The molecule has 0 saturated heterocycles. The van der Waals surface area contributed by atoms with Gasteiger partial charge in [-0.3, -0.25) is 0 Å². The van der Waals surface area contributed by atoms with Crippen molar-refractivity contribution in [2.24, 2.45) is 0 Å². The van der Waals surface area contributed by atoms with Crippen LogP contribution in [0.2, 0.25) is 0 Å². The van der Waals surface area contributed by atoms with Crippen LogP contribution in [0.4, 0.5) is 0 Å². The molecule has 0 fully saturated rings. The van der Waals surface area contributed by atoms with E-state index in [0.29, 0.717) is 0 Å². The topological polar surface area (TPSA) is 27.7 Å². The Kier molecular flexibility index (Phi) is 5.25. The van der Waals surface area contributed by atoms with Crippen LogP contribution >= 0.6 is 0 Å². The van der Waals surface area contributed by atoms with Gasteiger partial charge in [0.25, 0.3) is 0 Å². The van der Waals surface area contributed by atoms with Gasteiger partial charge < -0.3 is 14.2 Å². The zero-order chi connectivity index (χ0) is 21.9. The van der Waals surface area contributed by atoms with Crippen LogP contribution in [0.15, 0.2) is 103 Å². The van der Waals surface area contributed by atoms with Crippen LogP contribution < -0.4 is 14.2 Å². The number of ether oxygens (including phenoxy) is 3. The summed E-state index contributed by atoms with van der Waals surface area (Å²) in [6.07, 6.45) is 0. The van der Waals surface area contributed by atoms with Gasteiger partial charge >= 0.3 is 0 Å². The quantitative estimate of drug-likeness (QED) is 0.295. The lowest BCUT2D eigenvalue weighted by atomic mass is 9.91. The van der Waals surface area contributed by atoms with Crippen molar-refractivity contribution < 1.29 is 14.2 Å².